The Hall–Kier alpha value is -0.980. The van der Waals surface area contributed by atoms with Gasteiger partial charge in [0.1, 0.15) is 5.75 Å². The first-order chi connectivity index (χ1) is 7.13. The molecule has 82 valence electrons. The molecule has 0 fully saturated rings. The number of hydrogen-bond acceptors (Lipinski definition) is 1. The summed E-state index contributed by atoms with van der Waals surface area (Å²) in [7, 11) is 0. The van der Waals surface area contributed by atoms with Gasteiger partial charge in [0.15, 0.2) is 0 Å². The summed E-state index contributed by atoms with van der Waals surface area (Å²) in [5.74, 6) is 2.40. The van der Waals surface area contributed by atoms with E-state index in [1.165, 1.54) is 16.7 Å². The standard InChI is InChI=1S/C14H20O/c1-5-11-6-10(4)14-12(7-11)13(8-15-14)9(2)3/h6-7,9,13H,5,8H2,1-4H3. The van der Waals surface area contributed by atoms with Gasteiger partial charge in [-0.2, -0.15) is 0 Å². The van der Waals surface area contributed by atoms with E-state index in [-0.39, 0.29) is 0 Å². The van der Waals surface area contributed by atoms with Gasteiger partial charge < -0.3 is 4.74 Å². The van der Waals surface area contributed by atoms with Gasteiger partial charge in [-0.1, -0.05) is 32.9 Å². The van der Waals surface area contributed by atoms with Crippen molar-refractivity contribution >= 4 is 0 Å². The van der Waals surface area contributed by atoms with E-state index < -0.39 is 0 Å². The third kappa shape index (κ3) is 1.75. The highest BCUT2D eigenvalue weighted by Crippen LogP contribution is 2.41. The van der Waals surface area contributed by atoms with Crippen LogP contribution in [0.25, 0.3) is 0 Å². The Labute approximate surface area is 92.5 Å². The molecule has 1 unspecified atom stereocenters. The summed E-state index contributed by atoms with van der Waals surface area (Å²) in [4.78, 5) is 0. The van der Waals surface area contributed by atoms with Crippen molar-refractivity contribution < 1.29 is 4.74 Å². The Morgan fingerprint density at radius 3 is 2.73 bits per heavy atom. The largest absolute Gasteiger partial charge is 0.492 e. The Kier molecular flexibility index (Phi) is 2.72. The average molecular weight is 204 g/mol. The second-order valence-electron chi connectivity index (χ2n) is 4.85. The summed E-state index contributed by atoms with van der Waals surface area (Å²) < 4.78 is 5.80. The summed E-state index contributed by atoms with van der Waals surface area (Å²) >= 11 is 0. The molecule has 0 bridgehead atoms. The van der Waals surface area contributed by atoms with E-state index >= 15 is 0 Å². The van der Waals surface area contributed by atoms with E-state index in [0.29, 0.717) is 11.8 Å². The number of rotatable bonds is 2. The number of benzene rings is 1. The lowest BCUT2D eigenvalue weighted by Gasteiger charge is -2.13. The highest BCUT2D eigenvalue weighted by molar-refractivity contribution is 5.48. The molecule has 0 spiro atoms. The van der Waals surface area contributed by atoms with Crippen molar-refractivity contribution in [1.82, 2.24) is 0 Å². The number of ether oxygens (including phenoxy) is 1. The fraction of sp³-hybridized carbons (Fsp3) is 0.571. The molecule has 1 aromatic carbocycles. The minimum absolute atomic E-state index is 0.588. The van der Waals surface area contributed by atoms with E-state index in [2.05, 4.69) is 39.8 Å². The van der Waals surface area contributed by atoms with Gasteiger partial charge in [-0.15, -0.1) is 0 Å². The van der Waals surface area contributed by atoms with Crippen LogP contribution in [0, 0.1) is 12.8 Å². The molecule has 0 aliphatic carbocycles. The maximum atomic E-state index is 5.80. The van der Waals surface area contributed by atoms with Crippen LogP contribution in [0.1, 0.15) is 43.4 Å². The molecule has 0 aromatic heterocycles. The number of aryl methyl sites for hydroxylation is 2. The van der Waals surface area contributed by atoms with Crippen LogP contribution >= 0.6 is 0 Å². The molecule has 1 aliphatic rings. The topological polar surface area (TPSA) is 9.23 Å². The van der Waals surface area contributed by atoms with Crippen molar-refractivity contribution in [2.24, 2.45) is 5.92 Å². The first-order valence-electron chi connectivity index (χ1n) is 5.89. The molecule has 0 radical (unpaired) electrons. The van der Waals surface area contributed by atoms with Crippen LogP contribution in [-0.2, 0) is 6.42 Å². The Morgan fingerprint density at radius 2 is 2.13 bits per heavy atom. The Balaban J connectivity index is 2.47. The Bertz CT molecular complexity index is 366. The second kappa shape index (κ2) is 3.88. The predicted molar refractivity (Wildman–Crippen MR) is 63.6 cm³/mol. The van der Waals surface area contributed by atoms with Gasteiger partial charge >= 0.3 is 0 Å². The molecule has 1 aromatic rings. The third-order valence-electron chi connectivity index (χ3n) is 3.38. The minimum Gasteiger partial charge on any atom is -0.492 e. The molecule has 0 saturated heterocycles. The smallest absolute Gasteiger partial charge is 0.125 e. The second-order valence-corrected chi connectivity index (χ2v) is 4.85. The summed E-state index contributed by atoms with van der Waals surface area (Å²) in [6.07, 6.45) is 1.11. The maximum Gasteiger partial charge on any atom is 0.125 e. The van der Waals surface area contributed by atoms with Crippen LogP contribution in [-0.4, -0.2) is 6.61 Å². The van der Waals surface area contributed by atoms with Crippen LogP contribution in [0.4, 0.5) is 0 Å². The van der Waals surface area contributed by atoms with E-state index in [1.807, 2.05) is 0 Å². The van der Waals surface area contributed by atoms with Gasteiger partial charge in [-0.3, -0.25) is 0 Å². The van der Waals surface area contributed by atoms with Gasteiger partial charge in [0.05, 0.1) is 6.61 Å². The van der Waals surface area contributed by atoms with Crippen molar-refractivity contribution in [3.8, 4) is 5.75 Å². The monoisotopic (exact) mass is 204 g/mol. The summed E-state index contributed by atoms with van der Waals surface area (Å²) in [5, 5.41) is 0. The molecule has 1 heterocycles. The van der Waals surface area contributed by atoms with Gasteiger partial charge in [-0.05, 0) is 30.4 Å². The lowest BCUT2D eigenvalue weighted by atomic mass is 9.88. The zero-order valence-corrected chi connectivity index (χ0v) is 10.1. The Morgan fingerprint density at radius 1 is 1.40 bits per heavy atom. The lowest BCUT2D eigenvalue weighted by molar-refractivity contribution is 0.302. The van der Waals surface area contributed by atoms with Gasteiger partial charge in [0, 0.05) is 11.5 Å². The SMILES string of the molecule is CCc1cc(C)c2c(c1)C(C(C)C)CO2. The first-order valence-corrected chi connectivity index (χ1v) is 5.89. The predicted octanol–water partition coefficient (Wildman–Crippen LogP) is 3.69. The number of fused-ring (bicyclic) bond motifs is 1. The molecule has 1 heteroatoms. The number of hydrogen-bond donors (Lipinski definition) is 0. The lowest BCUT2D eigenvalue weighted by Crippen LogP contribution is -2.07. The summed E-state index contributed by atoms with van der Waals surface area (Å²) in [6.45, 7) is 9.78. The van der Waals surface area contributed by atoms with Crippen LogP contribution in [0.5, 0.6) is 5.75 Å². The van der Waals surface area contributed by atoms with Crippen molar-refractivity contribution in [3.63, 3.8) is 0 Å². The molecule has 1 nitrogen and oxygen atoms in total. The van der Waals surface area contributed by atoms with Crippen LogP contribution in [0.3, 0.4) is 0 Å². The summed E-state index contributed by atoms with van der Waals surface area (Å²) in [5.41, 5.74) is 4.16. The fourth-order valence-electron chi connectivity index (χ4n) is 2.37. The molecular formula is C14H20O. The average Bonchev–Trinajstić information content (AvgIpc) is 2.61. The molecule has 15 heavy (non-hydrogen) atoms. The highest BCUT2D eigenvalue weighted by atomic mass is 16.5. The van der Waals surface area contributed by atoms with Crippen molar-refractivity contribution in [2.45, 2.75) is 40.0 Å². The molecule has 0 N–H and O–H groups in total. The fourth-order valence-corrected chi connectivity index (χ4v) is 2.37. The van der Waals surface area contributed by atoms with Crippen molar-refractivity contribution in [1.29, 1.82) is 0 Å². The molecular weight excluding hydrogens is 184 g/mol. The third-order valence-corrected chi connectivity index (χ3v) is 3.38. The maximum absolute atomic E-state index is 5.80. The molecule has 2 rings (SSSR count). The van der Waals surface area contributed by atoms with Crippen LogP contribution in [0.2, 0.25) is 0 Å². The van der Waals surface area contributed by atoms with Crippen molar-refractivity contribution in [3.05, 3.63) is 28.8 Å². The zero-order chi connectivity index (χ0) is 11.0. The van der Waals surface area contributed by atoms with Gasteiger partial charge in [-0.25, -0.2) is 0 Å². The molecule has 1 atom stereocenters. The highest BCUT2D eigenvalue weighted by Gasteiger charge is 2.28. The van der Waals surface area contributed by atoms with Gasteiger partial charge in [0.2, 0.25) is 0 Å². The minimum atomic E-state index is 0.588. The van der Waals surface area contributed by atoms with E-state index in [9.17, 15) is 0 Å². The van der Waals surface area contributed by atoms with Crippen LogP contribution in [0.15, 0.2) is 12.1 Å². The normalized spacial score (nSPS) is 19.1. The van der Waals surface area contributed by atoms with Crippen LogP contribution < -0.4 is 4.74 Å². The first kappa shape index (κ1) is 10.5. The van der Waals surface area contributed by atoms with Gasteiger partial charge in [0.25, 0.3) is 0 Å². The molecule has 1 aliphatic heterocycles. The van der Waals surface area contributed by atoms with E-state index in [1.54, 1.807) is 0 Å². The summed E-state index contributed by atoms with van der Waals surface area (Å²) in [6, 6.07) is 4.58. The van der Waals surface area contributed by atoms with E-state index in [4.69, 9.17) is 4.74 Å². The molecule has 0 saturated carbocycles. The van der Waals surface area contributed by atoms with Crippen molar-refractivity contribution in [2.75, 3.05) is 6.61 Å². The zero-order valence-electron chi connectivity index (χ0n) is 10.1. The van der Waals surface area contributed by atoms with E-state index in [0.717, 1.165) is 18.8 Å². The quantitative estimate of drug-likeness (QED) is 0.714. The molecule has 0 amide bonds.